The topological polar surface area (TPSA) is 53.1 Å². The summed E-state index contributed by atoms with van der Waals surface area (Å²) < 4.78 is 7.10. The molecule has 0 saturated carbocycles. The molecule has 0 aliphatic heterocycles. The van der Waals surface area contributed by atoms with E-state index in [9.17, 15) is 0 Å². The Bertz CT molecular complexity index is 531. The van der Waals surface area contributed by atoms with E-state index in [1.54, 1.807) is 7.11 Å². The Balaban J connectivity index is 2.28. The van der Waals surface area contributed by atoms with Crippen LogP contribution in [0.15, 0.2) is 24.3 Å². The molecule has 0 aliphatic rings. The van der Waals surface area contributed by atoms with Crippen molar-refractivity contribution in [3.8, 4) is 5.75 Å². The van der Waals surface area contributed by atoms with Crippen molar-refractivity contribution in [2.75, 3.05) is 12.8 Å². The van der Waals surface area contributed by atoms with Crippen LogP contribution in [0.4, 0.5) is 5.95 Å². The van der Waals surface area contributed by atoms with Crippen LogP contribution in [0.2, 0.25) is 0 Å². The second-order valence-electron chi connectivity index (χ2n) is 4.09. The molecule has 2 aromatic rings. The lowest BCUT2D eigenvalue weighted by Crippen LogP contribution is -1.98. The van der Waals surface area contributed by atoms with Gasteiger partial charge in [-0.15, -0.1) is 0 Å². The van der Waals surface area contributed by atoms with Gasteiger partial charge in [0.15, 0.2) is 5.95 Å². The Hall–Kier alpha value is -1.97. The van der Waals surface area contributed by atoms with Crippen LogP contribution in [-0.4, -0.2) is 16.7 Å². The molecule has 2 N–H and O–H groups in total. The molecule has 0 aliphatic carbocycles. The number of ether oxygens (including phenoxy) is 1. The maximum atomic E-state index is 5.78. The average molecular weight is 231 g/mol. The lowest BCUT2D eigenvalue weighted by atomic mass is 10.1. The Morgan fingerprint density at radius 3 is 2.76 bits per heavy atom. The van der Waals surface area contributed by atoms with Gasteiger partial charge in [-0.2, -0.15) is 0 Å². The van der Waals surface area contributed by atoms with E-state index in [1.807, 2.05) is 36.7 Å². The fourth-order valence-electron chi connectivity index (χ4n) is 1.80. The largest absolute Gasteiger partial charge is 0.497 e. The van der Waals surface area contributed by atoms with Gasteiger partial charge in [-0.3, -0.25) is 0 Å². The number of benzene rings is 1. The number of anilines is 1. The predicted molar refractivity (Wildman–Crippen MR) is 68.2 cm³/mol. The molecule has 0 spiro atoms. The number of methoxy groups -OCH3 is 1. The summed E-state index contributed by atoms with van der Waals surface area (Å²) in [5, 5.41) is 0. The van der Waals surface area contributed by atoms with E-state index in [2.05, 4.69) is 11.1 Å². The van der Waals surface area contributed by atoms with Gasteiger partial charge in [0.1, 0.15) is 5.75 Å². The molecule has 0 radical (unpaired) electrons. The lowest BCUT2D eigenvalue weighted by molar-refractivity contribution is 0.414. The first-order valence-corrected chi connectivity index (χ1v) is 5.52. The van der Waals surface area contributed by atoms with Gasteiger partial charge in [-0.25, -0.2) is 4.98 Å². The van der Waals surface area contributed by atoms with Crippen molar-refractivity contribution in [3.05, 3.63) is 41.2 Å². The molecule has 0 saturated heterocycles. The molecule has 1 heterocycles. The van der Waals surface area contributed by atoms with Crippen molar-refractivity contribution in [1.82, 2.24) is 9.55 Å². The minimum atomic E-state index is 0.556. The predicted octanol–water partition coefficient (Wildman–Crippen LogP) is 1.91. The fourth-order valence-corrected chi connectivity index (χ4v) is 1.80. The zero-order chi connectivity index (χ0) is 12.4. The van der Waals surface area contributed by atoms with Gasteiger partial charge >= 0.3 is 0 Å². The van der Waals surface area contributed by atoms with E-state index in [4.69, 9.17) is 10.5 Å². The number of hydrogen-bond donors (Lipinski definition) is 1. The smallest absolute Gasteiger partial charge is 0.200 e. The summed E-state index contributed by atoms with van der Waals surface area (Å²) in [6.07, 6.45) is 0.772. The van der Waals surface area contributed by atoms with Gasteiger partial charge in [0, 0.05) is 19.2 Å². The van der Waals surface area contributed by atoms with Gasteiger partial charge in [-0.05, 0) is 24.6 Å². The number of aromatic nitrogens is 2. The first kappa shape index (κ1) is 11.5. The van der Waals surface area contributed by atoms with Crippen molar-refractivity contribution >= 4 is 5.95 Å². The van der Waals surface area contributed by atoms with E-state index >= 15 is 0 Å². The molecule has 0 fully saturated rings. The maximum absolute atomic E-state index is 5.78. The standard InChI is InChI=1S/C13H17N3O/c1-9-12(15-13(14)16(9)2)8-10-5-4-6-11(7-10)17-3/h4-7H,8H2,1-3H3,(H2,14,15). The van der Waals surface area contributed by atoms with Gasteiger partial charge in [0.05, 0.1) is 12.8 Å². The molecule has 4 heteroatoms. The van der Waals surface area contributed by atoms with Crippen LogP contribution < -0.4 is 10.5 Å². The van der Waals surface area contributed by atoms with Crippen molar-refractivity contribution in [2.24, 2.45) is 7.05 Å². The Morgan fingerprint density at radius 2 is 2.18 bits per heavy atom. The summed E-state index contributed by atoms with van der Waals surface area (Å²) in [4.78, 5) is 4.36. The highest BCUT2D eigenvalue weighted by Gasteiger charge is 2.09. The van der Waals surface area contributed by atoms with Gasteiger partial charge in [0.25, 0.3) is 0 Å². The van der Waals surface area contributed by atoms with Crippen LogP contribution in [0.25, 0.3) is 0 Å². The zero-order valence-corrected chi connectivity index (χ0v) is 10.4. The first-order chi connectivity index (χ1) is 8.11. The molecule has 2 rings (SSSR count). The van der Waals surface area contributed by atoms with Crippen LogP contribution in [0.3, 0.4) is 0 Å². The van der Waals surface area contributed by atoms with Crippen LogP contribution >= 0.6 is 0 Å². The lowest BCUT2D eigenvalue weighted by Gasteiger charge is -2.04. The Kier molecular flexibility index (Phi) is 3.04. The average Bonchev–Trinajstić information content (AvgIpc) is 2.57. The van der Waals surface area contributed by atoms with Gasteiger partial charge in [0.2, 0.25) is 0 Å². The van der Waals surface area contributed by atoms with Crippen LogP contribution in [-0.2, 0) is 13.5 Å². The summed E-state index contributed by atoms with van der Waals surface area (Å²) in [7, 11) is 3.59. The highest BCUT2D eigenvalue weighted by atomic mass is 16.5. The zero-order valence-electron chi connectivity index (χ0n) is 10.4. The van der Waals surface area contributed by atoms with Crippen molar-refractivity contribution in [1.29, 1.82) is 0 Å². The van der Waals surface area contributed by atoms with Crippen molar-refractivity contribution in [2.45, 2.75) is 13.3 Å². The summed E-state index contributed by atoms with van der Waals surface area (Å²) in [6, 6.07) is 8.00. The Morgan fingerprint density at radius 1 is 1.41 bits per heavy atom. The molecule has 17 heavy (non-hydrogen) atoms. The third-order valence-corrected chi connectivity index (χ3v) is 3.02. The SMILES string of the molecule is COc1cccc(Cc2nc(N)n(C)c2C)c1. The van der Waals surface area contributed by atoms with E-state index in [-0.39, 0.29) is 0 Å². The Labute approximate surface area is 101 Å². The van der Waals surface area contributed by atoms with Crippen molar-refractivity contribution < 1.29 is 4.74 Å². The minimum absolute atomic E-state index is 0.556. The highest BCUT2D eigenvalue weighted by Crippen LogP contribution is 2.18. The molecular formula is C13H17N3O. The number of imidazole rings is 1. The van der Waals surface area contributed by atoms with E-state index in [1.165, 1.54) is 5.56 Å². The maximum Gasteiger partial charge on any atom is 0.200 e. The summed E-state index contributed by atoms with van der Waals surface area (Å²) >= 11 is 0. The van der Waals surface area contributed by atoms with Crippen LogP contribution in [0.1, 0.15) is 17.0 Å². The van der Waals surface area contributed by atoms with Crippen LogP contribution in [0, 0.1) is 6.92 Å². The second-order valence-corrected chi connectivity index (χ2v) is 4.09. The molecule has 0 unspecified atom stereocenters. The molecule has 0 atom stereocenters. The van der Waals surface area contributed by atoms with E-state index in [0.29, 0.717) is 5.95 Å². The molecule has 1 aromatic carbocycles. The summed E-state index contributed by atoms with van der Waals surface area (Å²) in [6.45, 7) is 2.03. The number of hydrogen-bond acceptors (Lipinski definition) is 3. The minimum Gasteiger partial charge on any atom is -0.497 e. The van der Waals surface area contributed by atoms with E-state index < -0.39 is 0 Å². The third-order valence-electron chi connectivity index (χ3n) is 3.02. The molecule has 0 bridgehead atoms. The fraction of sp³-hybridized carbons (Fsp3) is 0.308. The molecule has 1 aromatic heterocycles. The normalized spacial score (nSPS) is 10.5. The van der Waals surface area contributed by atoms with E-state index in [0.717, 1.165) is 23.6 Å². The molecule has 90 valence electrons. The molecule has 0 amide bonds. The monoisotopic (exact) mass is 231 g/mol. The van der Waals surface area contributed by atoms with Gasteiger partial charge < -0.3 is 15.0 Å². The molecular weight excluding hydrogens is 214 g/mol. The number of nitrogen functional groups attached to an aromatic ring is 1. The molecule has 4 nitrogen and oxygen atoms in total. The summed E-state index contributed by atoms with van der Waals surface area (Å²) in [5.41, 5.74) is 9.06. The van der Waals surface area contributed by atoms with Gasteiger partial charge in [-0.1, -0.05) is 12.1 Å². The number of rotatable bonds is 3. The second kappa shape index (κ2) is 4.49. The quantitative estimate of drug-likeness (QED) is 0.878. The first-order valence-electron chi connectivity index (χ1n) is 5.52. The van der Waals surface area contributed by atoms with Crippen molar-refractivity contribution in [3.63, 3.8) is 0 Å². The highest BCUT2D eigenvalue weighted by molar-refractivity contribution is 5.35. The number of nitrogens with zero attached hydrogens (tertiary/aromatic N) is 2. The van der Waals surface area contributed by atoms with Crippen LogP contribution in [0.5, 0.6) is 5.75 Å². The summed E-state index contributed by atoms with van der Waals surface area (Å²) in [5.74, 6) is 1.42. The number of nitrogens with two attached hydrogens (primary N) is 1. The third kappa shape index (κ3) is 2.25.